The number of nitrogens with zero attached hydrogens (tertiary/aromatic N) is 1. The third-order valence-corrected chi connectivity index (χ3v) is 5.30. The standard InChI is InChI=1S/C16H15Cl2NO2S/c1-19-6-5-12-13(9-19)14(17)8-15(18)16(12)10-3-2-4-11(7-10)22(20)21/h2-4,7-8,22H,5-6,9H2,1H3. The van der Waals surface area contributed by atoms with Crippen LogP contribution in [0.4, 0.5) is 0 Å². The van der Waals surface area contributed by atoms with Crippen molar-refractivity contribution in [2.45, 2.75) is 17.9 Å². The third kappa shape index (κ3) is 2.88. The molecule has 0 unspecified atom stereocenters. The van der Waals surface area contributed by atoms with Gasteiger partial charge in [0.2, 0.25) is 0 Å². The van der Waals surface area contributed by atoms with E-state index in [9.17, 15) is 8.42 Å². The minimum atomic E-state index is -2.61. The maximum Gasteiger partial charge on any atom is 0.168 e. The molecule has 1 heterocycles. The molecule has 0 bridgehead atoms. The van der Waals surface area contributed by atoms with Crippen LogP contribution in [0.15, 0.2) is 35.2 Å². The molecule has 1 aliphatic rings. The molecule has 0 aliphatic carbocycles. The summed E-state index contributed by atoms with van der Waals surface area (Å²) in [6.45, 7) is 1.69. The lowest BCUT2D eigenvalue weighted by Crippen LogP contribution is -2.27. The number of halogens is 2. The van der Waals surface area contributed by atoms with Gasteiger partial charge < -0.3 is 4.90 Å². The summed E-state index contributed by atoms with van der Waals surface area (Å²) >= 11 is 12.8. The van der Waals surface area contributed by atoms with E-state index in [4.69, 9.17) is 23.2 Å². The second kappa shape index (κ2) is 6.20. The molecule has 1 aliphatic heterocycles. The van der Waals surface area contributed by atoms with Crippen molar-refractivity contribution in [1.29, 1.82) is 0 Å². The summed E-state index contributed by atoms with van der Waals surface area (Å²) < 4.78 is 22.5. The minimum absolute atomic E-state index is 0.292. The third-order valence-electron chi connectivity index (χ3n) is 3.96. The van der Waals surface area contributed by atoms with Gasteiger partial charge in [-0.1, -0.05) is 35.3 Å². The zero-order valence-electron chi connectivity index (χ0n) is 12.0. The van der Waals surface area contributed by atoms with E-state index in [1.807, 2.05) is 6.07 Å². The van der Waals surface area contributed by atoms with Crippen LogP contribution >= 0.6 is 23.2 Å². The summed E-state index contributed by atoms with van der Waals surface area (Å²) in [4.78, 5) is 2.50. The number of likely N-dealkylation sites (N-methyl/N-ethyl adjacent to an activating group) is 1. The van der Waals surface area contributed by atoms with Gasteiger partial charge in [-0.2, -0.15) is 0 Å². The lowest BCUT2D eigenvalue weighted by atomic mass is 9.90. The number of fused-ring (bicyclic) bond motifs is 1. The molecule has 3 rings (SSSR count). The lowest BCUT2D eigenvalue weighted by Gasteiger charge is -2.28. The second-order valence-electron chi connectivity index (χ2n) is 5.47. The van der Waals surface area contributed by atoms with Crippen LogP contribution in [0.1, 0.15) is 11.1 Å². The van der Waals surface area contributed by atoms with Gasteiger partial charge in [0.25, 0.3) is 0 Å². The van der Waals surface area contributed by atoms with Gasteiger partial charge in [0.05, 0.1) is 9.92 Å². The summed E-state index contributed by atoms with van der Waals surface area (Å²) in [6, 6.07) is 8.62. The van der Waals surface area contributed by atoms with E-state index in [2.05, 4.69) is 11.9 Å². The van der Waals surface area contributed by atoms with E-state index in [-0.39, 0.29) is 0 Å². The highest BCUT2D eigenvalue weighted by Crippen LogP contribution is 2.40. The summed E-state index contributed by atoms with van der Waals surface area (Å²) in [7, 11) is -0.562. The predicted octanol–water partition coefficient (Wildman–Crippen LogP) is 3.62. The van der Waals surface area contributed by atoms with Crippen molar-refractivity contribution in [1.82, 2.24) is 4.90 Å². The summed E-state index contributed by atoms with van der Waals surface area (Å²) in [5.41, 5.74) is 3.91. The predicted molar refractivity (Wildman–Crippen MR) is 90.5 cm³/mol. The minimum Gasteiger partial charge on any atom is -0.302 e. The molecular weight excluding hydrogens is 341 g/mol. The first-order chi connectivity index (χ1) is 10.5. The molecular formula is C16H15Cl2NO2S. The Labute approximate surface area is 141 Å². The number of thiol groups is 1. The lowest BCUT2D eigenvalue weighted by molar-refractivity contribution is 0.313. The monoisotopic (exact) mass is 355 g/mol. The Morgan fingerprint density at radius 1 is 1.09 bits per heavy atom. The van der Waals surface area contributed by atoms with Gasteiger partial charge in [-0.15, -0.1) is 0 Å². The molecule has 0 radical (unpaired) electrons. The summed E-state index contributed by atoms with van der Waals surface area (Å²) in [5, 5.41) is 1.23. The summed E-state index contributed by atoms with van der Waals surface area (Å²) in [6.07, 6.45) is 0.842. The van der Waals surface area contributed by atoms with Crippen molar-refractivity contribution >= 4 is 33.9 Å². The Hall–Kier alpha value is -1.07. The number of hydrogen-bond donors (Lipinski definition) is 1. The highest BCUT2D eigenvalue weighted by Gasteiger charge is 2.22. The fourth-order valence-corrected chi connectivity index (χ4v) is 4.02. The van der Waals surface area contributed by atoms with Gasteiger partial charge in [0, 0.05) is 23.7 Å². The Balaban J connectivity index is 2.23. The number of hydrogen-bond acceptors (Lipinski definition) is 3. The van der Waals surface area contributed by atoms with Crippen LogP contribution in [0.3, 0.4) is 0 Å². The smallest absolute Gasteiger partial charge is 0.168 e. The Morgan fingerprint density at radius 2 is 1.86 bits per heavy atom. The number of benzene rings is 2. The first-order valence-corrected chi connectivity index (χ1v) is 8.84. The van der Waals surface area contributed by atoms with Gasteiger partial charge >= 0.3 is 0 Å². The Bertz CT molecular complexity index is 810. The largest absolute Gasteiger partial charge is 0.302 e. The molecule has 0 saturated carbocycles. The maximum atomic E-state index is 11.2. The van der Waals surface area contributed by atoms with Crippen LogP contribution < -0.4 is 0 Å². The molecule has 2 aromatic carbocycles. The molecule has 0 amide bonds. The molecule has 116 valence electrons. The van der Waals surface area contributed by atoms with Crippen molar-refractivity contribution in [3.8, 4) is 11.1 Å². The van der Waals surface area contributed by atoms with Crippen molar-refractivity contribution in [2.24, 2.45) is 0 Å². The van der Waals surface area contributed by atoms with Gasteiger partial charge in [-0.25, -0.2) is 8.42 Å². The van der Waals surface area contributed by atoms with Crippen molar-refractivity contribution in [2.75, 3.05) is 13.6 Å². The van der Waals surface area contributed by atoms with Crippen molar-refractivity contribution in [3.63, 3.8) is 0 Å². The molecule has 0 fully saturated rings. The van der Waals surface area contributed by atoms with Crippen LogP contribution in [0.25, 0.3) is 11.1 Å². The molecule has 3 nitrogen and oxygen atoms in total. The van der Waals surface area contributed by atoms with Gasteiger partial charge in [0.1, 0.15) is 0 Å². The first-order valence-electron chi connectivity index (χ1n) is 6.90. The van der Waals surface area contributed by atoms with Crippen LogP contribution in [0.2, 0.25) is 10.0 Å². The van der Waals surface area contributed by atoms with Crippen molar-refractivity contribution < 1.29 is 8.42 Å². The zero-order valence-corrected chi connectivity index (χ0v) is 14.4. The van der Waals surface area contributed by atoms with Crippen LogP contribution in [0, 0.1) is 0 Å². The van der Waals surface area contributed by atoms with Crippen LogP contribution in [-0.2, 0) is 23.7 Å². The molecule has 0 N–H and O–H groups in total. The van der Waals surface area contributed by atoms with Crippen LogP contribution in [-0.4, -0.2) is 26.9 Å². The van der Waals surface area contributed by atoms with E-state index < -0.39 is 10.7 Å². The zero-order chi connectivity index (χ0) is 15.9. The fraction of sp³-hybridized carbons (Fsp3) is 0.250. The molecule has 6 heteroatoms. The van der Waals surface area contributed by atoms with Crippen molar-refractivity contribution in [3.05, 3.63) is 51.5 Å². The molecule has 0 aromatic heterocycles. The average Bonchev–Trinajstić information content (AvgIpc) is 2.48. The van der Waals surface area contributed by atoms with E-state index in [1.54, 1.807) is 24.3 Å². The quantitative estimate of drug-likeness (QED) is 0.836. The molecule has 0 atom stereocenters. The highest BCUT2D eigenvalue weighted by molar-refractivity contribution is 7.72. The SMILES string of the molecule is CN1CCc2c(c(Cl)cc(Cl)c2-c2cccc([SH](=O)=O)c2)C1. The van der Waals surface area contributed by atoms with E-state index in [1.165, 1.54) is 0 Å². The normalized spacial score (nSPS) is 15.1. The topological polar surface area (TPSA) is 37.4 Å². The highest BCUT2D eigenvalue weighted by atomic mass is 35.5. The molecule has 22 heavy (non-hydrogen) atoms. The van der Waals surface area contributed by atoms with Gasteiger partial charge in [-0.3, -0.25) is 0 Å². The summed E-state index contributed by atoms with van der Waals surface area (Å²) in [5.74, 6) is 0. The Kier molecular flexibility index (Phi) is 4.46. The van der Waals surface area contributed by atoms with E-state index >= 15 is 0 Å². The van der Waals surface area contributed by atoms with E-state index in [0.717, 1.165) is 41.8 Å². The average molecular weight is 356 g/mol. The van der Waals surface area contributed by atoms with E-state index in [0.29, 0.717) is 14.9 Å². The fourth-order valence-electron chi connectivity index (χ4n) is 2.90. The van der Waals surface area contributed by atoms with Gasteiger partial charge in [-0.05, 0) is 48.4 Å². The molecule has 0 saturated heterocycles. The van der Waals surface area contributed by atoms with Gasteiger partial charge in [0.15, 0.2) is 10.7 Å². The maximum absolute atomic E-state index is 11.2. The second-order valence-corrected chi connectivity index (χ2v) is 7.31. The molecule has 0 spiro atoms. The number of rotatable bonds is 2. The van der Waals surface area contributed by atoms with Crippen LogP contribution in [0.5, 0.6) is 0 Å². The Morgan fingerprint density at radius 3 is 2.59 bits per heavy atom. The molecule has 2 aromatic rings. The first kappa shape index (κ1) is 15.8.